The molecule has 0 spiro atoms. The maximum absolute atomic E-state index is 14.0. The number of nitrogens with two attached hydrogens (primary N) is 1. The van der Waals surface area contributed by atoms with E-state index in [0.717, 1.165) is 33.4 Å². The maximum Gasteiger partial charge on any atom is 0.408 e. The molecule has 17 heteroatoms. The summed E-state index contributed by atoms with van der Waals surface area (Å²) in [5.41, 5.74) is 12.3. The zero-order valence-electron chi connectivity index (χ0n) is 40.2. The van der Waals surface area contributed by atoms with E-state index < -0.39 is 57.9 Å². The molecule has 1 aliphatic heterocycles. The van der Waals surface area contributed by atoms with E-state index in [9.17, 15) is 27.6 Å². The number of carbonyl (C=O) groups excluding carboxylic acids is 4. The summed E-state index contributed by atoms with van der Waals surface area (Å²) in [5.74, 6) is -1.81. The fraction of sp³-hybridized carbons (Fsp3) is 0.431. The summed E-state index contributed by atoms with van der Waals surface area (Å²) >= 11 is 0. The van der Waals surface area contributed by atoms with Crippen LogP contribution < -0.4 is 25.8 Å². The van der Waals surface area contributed by atoms with Crippen molar-refractivity contribution in [2.75, 3.05) is 13.2 Å². The van der Waals surface area contributed by atoms with Crippen molar-refractivity contribution in [3.8, 4) is 16.9 Å². The van der Waals surface area contributed by atoms with Gasteiger partial charge in [-0.2, -0.15) is 0 Å². The maximum atomic E-state index is 14.0. The van der Waals surface area contributed by atoms with Gasteiger partial charge in [0.05, 0.1) is 4.90 Å². The summed E-state index contributed by atoms with van der Waals surface area (Å²) in [4.78, 5) is 58.4. The molecule has 0 saturated heterocycles. The Morgan fingerprint density at radius 1 is 0.838 bits per heavy atom. The van der Waals surface area contributed by atoms with Gasteiger partial charge in [0.2, 0.25) is 5.96 Å². The normalized spacial score (nSPS) is 15.5. The molecule has 4 aromatic rings. The summed E-state index contributed by atoms with van der Waals surface area (Å²) in [6.07, 6.45) is -1.82. The van der Waals surface area contributed by atoms with Gasteiger partial charge in [0.1, 0.15) is 42.3 Å². The van der Waals surface area contributed by atoms with Gasteiger partial charge in [-0.3, -0.25) is 4.99 Å². The van der Waals surface area contributed by atoms with Gasteiger partial charge in [0.15, 0.2) is 6.04 Å². The smallest absolute Gasteiger partial charge is 0.408 e. The molecule has 1 heterocycles. The molecule has 68 heavy (non-hydrogen) atoms. The average Bonchev–Trinajstić information content (AvgIpc) is 3.59. The molecule has 0 saturated carbocycles. The number of amides is 2. The molecule has 0 aromatic heterocycles. The molecule has 0 bridgehead atoms. The quantitative estimate of drug-likeness (QED) is 0.0281. The number of rotatable bonds is 16. The van der Waals surface area contributed by atoms with Gasteiger partial charge < -0.3 is 40.1 Å². The van der Waals surface area contributed by atoms with Crippen molar-refractivity contribution in [1.29, 1.82) is 0 Å². The van der Waals surface area contributed by atoms with Crippen LogP contribution in [0.5, 0.6) is 5.75 Å². The standard InChI is InChI=1S/C51H63N5O11S/c1-30-31(2)44(32(3)35-25-26-51(8,9)66-43(30)35)68(61,62)56-47(52)53-27-17-24-41(54-48(59)64-29-40-38-22-15-13-20-36(38)37-21-14-16-23-39(37)40)45(57)65-33(4)42(55-49(60)67-50(5,6)7)46(58)63-28-34-18-11-10-12-19-34/h10-16,18-23,33,40-42H,17,24-29H2,1-9H3,(H,54,59)(H,55,60)(H3,52,53,56)/t33-,41+,42+/m1/s1. The van der Waals surface area contributed by atoms with E-state index >= 15 is 0 Å². The molecule has 4 aromatic carbocycles. The van der Waals surface area contributed by atoms with E-state index in [0.29, 0.717) is 35.3 Å². The van der Waals surface area contributed by atoms with Crippen LogP contribution in [-0.4, -0.2) is 81.0 Å². The van der Waals surface area contributed by atoms with Gasteiger partial charge in [0.25, 0.3) is 10.0 Å². The van der Waals surface area contributed by atoms with Crippen molar-refractivity contribution >= 4 is 40.1 Å². The molecular formula is C51H63N5O11S. The average molecular weight is 954 g/mol. The predicted molar refractivity (Wildman–Crippen MR) is 257 cm³/mol. The lowest BCUT2D eigenvalue weighted by atomic mass is 9.88. The van der Waals surface area contributed by atoms with Gasteiger partial charge in [0, 0.05) is 12.5 Å². The second-order valence-corrected chi connectivity index (χ2v) is 20.4. The number of ether oxygens (including phenoxy) is 5. The molecular weight excluding hydrogens is 891 g/mol. The van der Waals surface area contributed by atoms with Gasteiger partial charge >= 0.3 is 24.1 Å². The van der Waals surface area contributed by atoms with E-state index in [4.69, 9.17) is 29.4 Å². The summed E-state index contributed by atoms with van der Waals surface area (Å²) in [5, 5.41) is 5.08. The number of hydrogen-bond donors (Lipinski definition) is 4. The molecule has 3 atom stereocenters. The number of carbonyl (C=O) groups is 4. The van der Waals surface area contributed by atoms with Crippen LogP contribution in [0, 0.1) is 20.8 Å². The van der Waals surface area contributed by atoms with Gasteiger partial charge in [-0.1, -0.05) is 78.9 Å². The molecule has 0 radical (unpaired) electrons. The van der Waals surface area contributed by atoms with Crippen molar-refractivity contribution in [3.05, 3.63) is 118 Å². The molecule has 2 amide bonds. The Morgan fingerprint density at radius 3 is 2.09 bits per heavy atom. The number of sulfonamides is 1. The Hall–Kier alpha value is -6.62. The van der Waals surface area contributed by atoms with E-state index in [1.54, 1.807) is 58.9 Å². The van der Waals surface area contributed by atoms with Gasteiger partial charge in [-0.25, -0.2) is 32.3 Å². The number of benzene rings is 4. The van der Waals surface area contributed by atoms with Crippen molar-refractivity contribution < 1.29 is 51.3 Å². The molecule has 5 N–H and O–H groups in total. The number of esters is 2. The van der Waals surface area contributed by atoms with Crippen LogP contribution in [0.2, 0.25) is 0 Å². The first-order chi connectivity index (χ1) is 32.0. The summed E-state index contributed by atoms with van der Waals surface area (Å²) in [7, 11) is -4.19. The Labute approximate surface area is 398 Å². The fourth-order valence-corrected chi connectivity index (χ4v) is 9.98. The number of nitrogens with one attached hydrogen (secondary N) is 3. The highest BCUT2D eigenvalue weighted by molar-refractivity contribution is 7.90. The Bertz CT molecular complexity index is 2620. The first kappa shape index (κ1) is 50.8. The monoisotopic (exact) mass is 953 g/mol. The molecule has 16 nitrogen and oxygen atoms in total. The van der Waals surface area contributed by atoms with Crippen LogP contribution in [0.4, 0.5) is 9.59 Å². The molecule has 1 aliphatic carbocycles. The van der Waals surface area contributed by atoms with Gasteiger partial charge in [-0.05, 0) is 138 Å². The summed E-state index contributed by atoms with van der Waals surface area (Å²) in [6, 6.07) is 21.7. The minimum atomic E-state index is -4.19. The van der Waals surface area contributed by atoms with E-state index in [1.165, 1.54) is 6.92 Å². The van der Waals surface area contributed by atoms with Crippen LogP contribution in [0.3, 0.4) is 0 Å². The van der Waals surface area contributed by atoms with Crippen molar-refractivity contribution in [2.45, 2.75) is 135 Å². The summed E-state index contributed by atoms with van der Waals surface area (Å²) < 4.78 is 58.8. The lowest BCUT2D eigenvalue weighted by molar-refractivity contribution is -0.159. The molecule has 364 valence electrons. The van der Waals surface area contributed by atoms with Crippen molar-refractivity contribution in [2.24, 2.45) is 10.7 Å². The highest BCUT2D eigenvalue weighted by Crippen LogP contribution is 2.45. The SMILES string of the molecule is Cc1c(C)c(S(=O)(=O)NC(N)=NCCC[C@H](NC(=O)OCC2c3ccccc3-c3ccccc32)C(=O)O[C@H](C)[C@H](NC(=O)OC(C)(C)C)C(=O)OCc2ccccc2)c(C)c2c1OC(C)(C)CC2. The number of aliphatic imine (C=N–C) groups is 1. The van der Waals surface area contributed by atoms with E-state index in [-0.39, 0.29) is 55.0 Å². The number of nitrogens with zero attached hydrogens (tertiary/aromatic N) is 1. The topological polar surface area (TPSA) is 223 Å². The Balaban J connectivity index is 1.17. The van der Waals surface area contributed by atoms with Crippen LogP contribution >= 0.6 is 0 Å². The number of fused-ring (bicyclic) bond motifs is 4. The van der Waals surface area contributed by atoms with E-state index in [1.807, 2.05) is 75.4 Å². The molecule has 6 rings (SSSR count). The molecule has 0 unspecified atom stereocenters. The van der Waals surface area contributed by atoms with Crippen LogP contribution in [0.1, 0.15) is 106 Å². The second-order valence-electron chi connectivity index (χ2n) is 18.8. The largest absolute Gasteiger partial charge is 0.487 e. The minimum Gasteiger partial charge on any atom is -0.487 e. The lowest BCUT2D eigenvalue weighted by Crippen LogP contribution is -2.52. The first-order valence-electron chi connectivity index (χ1n) is 22.7. The fourth-order valence-electron chi connectivity index (χ4n) is 8.45. The highest BCUT2D eigenvalue weighted by Gasteiger charge is 2.37. The third-order valence-corrected chi connectivity index (χ3v) is 13.6. The third-order valence-electron chi connectivity index (χ3n) is 11.9. The van der Waals surface area contributed by atoms with Crippen molar-refractivity contribution in [1.82, 2.24) is 15.4 Å². The number of hydrogen-bond acceptors (Lipinski definition) is 12. The third kappa shape index (κ3) is 12.5. The van der Waals surface area contributed by atoms with Crippen LogP contribution in [-0.2, 0) is 51.6 Å². The minimum absolute atomic E-state index is 0.0398. The number of guanidine groups is 1. The highest BCUT2D eigenvalue weighted by atomic mass is 32.2. The molecule has 0 fully saturated rings. The zero-order chi connectivity index (χ0) is 49.6. The Morgan fingerprint density at radius 2 is 1.46 bits per heavy atom. The van der Waals surface area contributed by atoms with Crippen LogP contribution in [0.15, 0.2) is 88.8 Å². The predicted octanol–water partition coefficient (Wildman–Crippen LogP) is 7.56. The zero-order valence-corrected chi connectivity index (χ0v) is 41.0. The van der Waals surface area contributed by atoms with E-state index in [2.05, 4.69) is 20.3 Å². The van der Waals surface area contributed by atoms with Gasteiger partial charge in [-0.15, -0.1) is 0 Å². The second kappa shape index (κ2) is 21.1. The number of alkyl carbamates (subject to hydrolysis) is 2. The summed E-state index contributed by atoms with van der Waals surface area (Å²) in [6.45, 7) is 15.4. The Kier molecular flexibility index (Phi) is 15.8. The lowest BCUT2D eigenvalue weighted by Gasteiger charge is -2.35. The first-order valence-corrected chi connectivity index (χ1v) is 24.2. The van der Waals surface area contributed by atoms with Crippen LogP contribution in [0.25, 0.3) is 11.1 Å². The van der Waals surface area contributed by atoms with Crippen molar-refractivity contribution in [3.63, 3.8) is 0 Å². The molecule has 2 aliphatic rings.